The maximum absolute atomic E-state index is 12.7. The highest BCUT2D eigenvalue weighted by Gasteiger charge is 2.38. The fourth-order valence-electron chi connectivity index (χ4n) is 3.61. The van der Waals surface area contributed by atoms with Gasteiger partial charge in [-0.15, -0.1) is 0 Å². The van der Waals surface area contributed by atoms with Crippen molar-refractivity contribution in [2.75, 3.05) is 31.6 Å². The number of β-amino-alcohol motifs (C(OH)–C–C–N with tert-alkyl or cyclic N) is 1. The Balaban J connectivity index is 1.62. The Hall–Kier alpha value is -2.41. The van der Waals surface area contributed by atoms with Crippen LogP contribution in [0.25, 0.3) is 0 Å². The summed E-state index contributed by atoms with van der Waals surface area (Å²) in [5, 5.41) is 15.3. The Bertz CT molecular complexity index is 789. The molecule has 3 rings (SSSR count). The van der Waals surface area contributed by atoms with Gasteiger partial charge in [0.25, 0.3) is 0 Å². The van der Waals surface area contributed by atoms with Gasteiger partial charge < -0.3 is 14.9 Å². The third-order valence-corrected chi connectivity index (χ3v) is 5.25. The number of aryl methyl sites for hydroxylation is 2. The summed E-state index contributed by atoms with van der Waals surface area (Å²) in [6.07, 6.45) is 2.68. The van der Waals surface area contributed by atoms with Gasteiger partial charge in [-0.3, -0.25) is 9.48 Å². The van der Waals surface area contributed by atoms with E-state index in [9.17, 15) is 9.90 Å². The number of pyridine rings is 1. The predicted octanol–water partition coefficient (Wildman–Crippen LogP) is 1.07. The number of hydrogen-bond acceptors (Lipinski definition) is 5. The first kappa shape index (κ1) is 18.4. The van der Waals surface area contributed by atoms with Crippen molar-refractivity contribution in [2.24, 2.45) is 7.05 Å². The molecule has 1 atom stereocenters. The van der Waals surface area contributed by atoms with Crippen LogP contribution in [0.4, 0.5) is 5.82 Å². The molecule has 0 radical (unpaired) electrons. The number of anilines is 1. The standard InChI is InChI=1S/C19H27N5O2/c1-14-16(15(2)23(4)21-14)11-18(25)22(3)12-19(26)8-10-24(13-19)17-7-5-6-9-20-17/h5-7,9,26H,8,10-13H2,1-4H3/t19-/m1/s1. The quantitative estimate of drug-likeness (QED) is 0.867. The summed E-state index contributed by atoms with van der Waals surface area (Å²) < 4.78 is 1.80. The third kappa shape index (κ3) is 3.72. The van der Waals surface area contributed by atoms with E-state index in [0.29, 0.717) is 25.9 Å². The Morgan fingerprint density at radius 3 is 2.77 bits per heavy atom. The Labute approximate surface area is 154 Å². The van der Waals surface area contributed by atoms with E-state index in [4.69, 9.17) is 0 Å². The molecule has 2 aromatic rings. The number of carbonyl (C=O) groups excluding carboxylic acids is 1. The topological polar surface area (TPSA) is 74.5 Å². The highest BCUT2D eigenvalue weighted by Crippen LogP contribution is 2.26. The second kappa shape index (κ2) is 7.07. The molecule has 0 saturated carbocycles. The lowest BCUT2D eigenvalue weighted by molar-refractivity contribution is -0.132. The van der Waals surface area contributed by atoms with Gasteiger partial charge in [0, 0.05) is 44.6 Å². The van der Waals surface area contributed by atoms with Crippen molar-refractivity contribution in [2.45, 2.75) is 32.3 Å². The van der Waals surface area contributed by atoms with Crippen molar-refractivity contribution >= 4 is 11.7 Å². The van der Waals surface area contributed by atoms with Gasteiger partial charge in [0.05, 0.1) is 18.7 Å². The van der Waals surface area contributed by atoms with Crippen molar-refractivity contribution in [3.8, 4) is 0 Å². The maximum Gasteiger partial charge on any atom is 0.226 e. The molecule has 0 aliphatic carbocycles. The number of hydrogen-bond donors (Lipinski definition) is 1. The smallest absolute Gasteiger partial charge is 0.226 e. The summed E-state index contributed by atoms with van der Waals surface area (Å²) in [6, 6.07) is 5.75. The molecule has 26 heavy (non-hydrogen) atoms. The first-order valence-corrected chi connectivity index (χ1v) is 8.90. The summed E-state index contributed by atoms with van der Waals surface area (Å²) in [6.45, 7) is 5.42. The number of amides is 1. The number of aromatic nitrogens is 3. The highest BCUT2D eigenvalue weighted by molar-refractivity contribution is 5.79. The molecular formula is C19H27N5O2. The molecule has 7 heteroatoms. The Kier molecular flexibility index (Phi) is 5.00. The molecule has 1 N–H and O–H groups in total. The zero-order valence-corrected chi connectivity index (χ0v) is 15.9. The Morgan fingerprint density at radius 2 is 2.15 bits per heavy atom. The van der Waals surface area contributed by atoms with E-state index < -0.39 is 5.60 Å². The van der Waals surface area contributed by atoms with Crippen LogP contribution in [0.5, 0.6) is 0 Å². The summed E-state index contributed by atoms with van der Waals surface area (Å²) in [4.78, 5) is 20.7. The van der Waals surface area contributed by atoms with Gasteiger partial charge >= 0.3 is 0 Å². The van der Waals surface area contributed by atoms with Gasteiger partial charge in [-0.1, -0.05) is 6.07 Å². The average molecular weight is 357 g/mol. The number of aliphatic hydroxyl groups is 1. The molecule has 7 nitrogen and oxygen atoms in total. The second-order valence-corrected chi connectivity index (χ2v) is 7.28. The van der Waals surface area contributed by atoms with Gasteiger partial charge in [0.2, 0.25) is 5.91 Å². The lowest BCUT2D eigenvalue weighted by Gasteiger charge is -2.29. The number of carbonyl (C=O) groups is 1. The van der Waals surface area contributed by atoms with Crippen molar-refractivity contribution in [1.82, 2.24) is 19.7 Å². The Morgan fingerprint density at radius 1 is 1.38 bits per heavy atom. The molecule has 1 saturated heterocycles. The molecule has 0 spiro atoms. The van der Waals surface area contributed by atoms with Crippen LogP contribution in [0, 0.1) is 13.8 Å². The van der Waals surface area contributed by atoms with E-state index in [2.05, 4.69) is 15.0 Å². The average Bonchev–Trinajstić information content (AvgIpc) is 3.11. The first-order chi connectivity index (χ1) is 12.3. The van der Waals surface area contributed by atoms with Crippen LogP contribution in [0.15, 0.2) is 24.4 Å². The molecule has 1 aliphatic heterocycles. The van der Waals surface area contributed by atoms with Gasteiger partial charge in [-0.05, 0) is 32.4 Å². The third-order valence-electron chi connectivity index (χ3n) is 5.25. The SMILES string of the molecule is Cc1nn(C)c(C)c1CC(=O)N(C)C[C@]1(O)CCN(c2ccccn2)C1. The van der Waals surface area contributed by atoms with Gasteiger partial charge in [0.15, 0.2) is 0 Å². The lowest BCUT2D eigenvalue weighted by Crippen LogP contribution is -2.46. The molecule has 0 bridgehead atoms. The van der Waals surface area contributed by atoms with Gasteiger partial charge in [0.1, 0.15) is 11.4 Å². The monoisotopic (exact) mass is 357 g/mol. The van der Waals surface area contributed by atoms with E-state index in [1.54, 1.807) is 22.8 Å². The van der Waals surface area contributed by atoms with Crippen LogP contribution in [0.3, 0.4) is 0 Å². The predicted molar refractivity (Wildman–Crippen MR) is 100 cm³/mol. The largest absolute Gasteiger partial charge is 0.386 e. The van der Waals surface area contributed by atoms with Crippen LogP contribution in [0.1, 0.15) is 23.4 Å². The number of likely N-dealkylation sites (N-methyl/N-ethyl adjacent to an activating group) is 1. The van der Waals surface area contributed by atoms with Crippen LogP contribution < -0.4 is 4.90 Å². The van der Waals surface area contributed by atoms with Crippen LogP contribution in [-0.4, -0.2) is 63.0 Å². The van der Waals surface area contributed by atoms with Crippen LogP contribution in [-0.2, 0) is 18.3 Å². The van der Waals surface area contributed by atoms with Crippen molar-refractivity contribution < 1.29 is 9.90 Å². The van der Waals surface area contributed by atoms with Gasteiger partial charge in [-0.2, -0.15) is 5.10 Å². The first-order valence-electron chi connectivity index (χ1n) is 8.90. The molecule has 1 fully saturated rings. The van der Waals surface area contributed by atoms with Crippen LogP contribution in [0.2, 0.25) is 0 Å². The molecule has 0 aromatic carbocycles. The second-order valence-electron chi connectivity index (χ2n) is 7.28. The zero-order chi connectivity index (χ0) is 18.9. The van der Waals surface area contributed by atoms with E-state index >= 15 is 0 Å². The zero-order valence-electron chi connectivity index (χ0n) is 15.9. The molecule has 2 aromatic heterocycles. The van der Waals surface area contributed by atoms with Gasteiger partial charge in [-0.25, -0.2) is 4.98 Å². The van der Waals surface area contributed by atoms with Crippen molar-refractivity contribution in [3.05, 3.63) is 41.3 Å². The molecule has 0 unspecified atom stereocenters. The van der Waals surface area contributed by atoms with E-state index in [0.717, 1.165) is 29.3 Å². The molecular weight excluding hydrogens is 330 g/mol. The molecule has 140 valence electrons. The normalized spacial score (nSPS) is 19.8. The van der Waals surface area contributed by atoms with E-state index in [1.165, 1.54) is 0 Å². The van der Waals surface area contributed by atoms with Crippen molar-refractivity contribution in [1.29, 1.82) is 0 Å². The van der Waals surface area contributed by atoms with E-state index in [-0.39, 0.29) is 5.91 Å². The molecule has 1 amide bonds. The highest BCUT2D eigenvalue weighted by atomic mass is 16.3. The molecule has 3 heterocycles. The number of rotatable bonds is 5. The summed E-state index contributed by atoms with van der Waals surface area (Å²) in [5.41, 5.74) is 1.94. The minimum Gasteiger partial charge on any atom is -0.386 e. The molecule has 1 aliphatic rings. The fourth-order valence-corrected chi connectivity index (χ4v) is 3.61. The summed E-state index contributed by atoms with van der Waals surface area (Å²) >= 11 is 0. The number of nitrogens with zero attached hydrogens (tertiary/aromatic N) is 5. The van der Waals surface area contributed by atoms with Crippen LogP contribution >= 0.6 is 0 Å². The minimum atomic E-state index is -0.916. The van der Waals surface area contributed by atoms with Crippen molar-refractivity contribution in [3.63, 3.8) is 0 Å². The maximum atomic E-state index is 12.7. The van der Waals surface area contributed by atoms with E-state index in [1.807, 2.05) is 39.1 Å². The fraction of sp³-hybridized carbons (Fsp3) is 0.526. The summed E-state index contributed by atoms with van der Waals surface area (Å²) in [5.74, 6) is 0.855. The summed E-state index contributed by atoms with van der Waals surface area (Å²) in [7, 11) is 3.64. The lowest BCUT2D eigenvalue weighted by atomic mass is 10.0. The minimum absolute atomic E-state index is 0.00564.